The van der Waals surface area contributed by atoms with Crippen LogP contribution in [0.5, 0.6) is 5.75 Å². The number of nitrogens with zero attached hydrogens (tertiary/aromatic N) is 2. The van der Waals surface area contributed by atoms with Gasteiger partial charge in [0.1, 0.15) is 18.3 Å². The largest absolute Gasteiger partial charge is 0.495 e. The Kier molecular flexibility index (Phi) is 11.0. The smallest absolute Gasteiger partial charge is 0.264 e. The lowest BCUT2D eigenvalue weighted by atomic mass is 10.0. The van der Waals surface area contributed by atoms with E-state index in [1.54, 1.807) is 67.6 Å². The zero-order chi connectivity index (χ0) is 31.7. The molecular weight excluding hydrogens is 598 g/mol. The second-order valence-electron chi connectivity index (χ2n) is 10.2. The van der Waals surface area contributed by atoms with E-state index in [4.69, 9.17) is 16.3 Å². The Labute approximate surface area is 264 Å². The molecule has 230 valence electrons. The van der Waals surface area contributed by atoms with Crippen LogP contribution in [-0.4, -0.2) is 51.4 Å². The van der Waals surface area contributed by atoms with Gasteiger partial charge in [0, 0.05) is 24.5 Å². The van der Waals surface area contributed by atoms with Gasteiger partial charge in [0.15, 0.2) is 0 Å². The number of nitrogens with one attached hydrogen (secondary N) is 1. The van der Waals surface area contributed by atoms with Crippen LogP contribution >= 0.6 is 11.6 Å². The molecule has 10 heteroatoms. The number of sulfonamides is 1. The summed E-state index contributed by atoms with van der Waals surface area (Å²) < 4.78 is 34.9. The van der Waals surface area contributed by atoms with Gasteiger partial charge >= 0.3 is 0 Å². The Morgan fingerprint density at radius 3 is 2.18 bits per heavy atom. The van der Waals surface area contributed by atoms with E-state index in [1.807, 2.05) is 37.3 Å². The quantitative estimate of drug-likeness (QED) is 0.206. The van der Waals surface area contributed by atoms with Crippen molar-refractivity contribution in [2.45, 2.75) is 37.8 Å². The molecule has 1 atom stereocenters. The molecule has 1 N–H and O–H groups in total. The number of hydrogen-bond donors (Lipinski definition) is 1. The molecule has 4 aromatic rings. The number of halogens is 1. The lowest BCUT2D eigenvalue weighted by Gasteiger charge is -2.34. The topological polar surface area (TPSA) is 96.0 Å². The van der Waals surface area contributed by atoms with Gasteiger partial charge in [0.25, 0.3) is 10.0 Å². The fourth-order valence-corrected chi connectivity index (χ4v) is 6.46. The number of likely N-dealkylation sites (N-methyl/N-ethyl adjacent to an activating group) is 1. The molecule has 0 radical (unpaired) electrons. The Bertz CT molecular complexity index is 1680. The standard InChI is InChI=1S/C34H36ClN3O5S/c1-4-36-34(40)31(22-26-12-6-5-7-13-26)37(23-27-14-8-9-15-29(27)35)33(39)24-38(30-16-10-11-17-32(30)43-3)44(41,42)28-20-18-25(2)19-21-28/h5-21,31H,4,22-24H2,1-3H3,(H,36,40). The van der Waals surface area contributed by atoms with Crippen molar-refractivity contribution >= 4 is 39.1 Å². The maximum absolute atomic E-state index is 14.5. The number of aryl methyl sites for hydroxylation is 1. The van der Waals surface area contributed by atoms with Crippen LogP contribution in [0.3, 0.4) is 0 Å². The fraction of sp³-hybridized carbons (Fsp3) is 0.235. The van der Waals surface area contributed by atoms with E-state index < -0.39 is 28.5 Å². The van der Waals surface area contributed by atoms with Crippen LogP contribution in [0.15, 0.2) is 108 Å². The first-order valence-electron chi connectivity index (χ1n) is 14.2. The predicted molar refractivity (Wildman–Crippen MR) is 173 cm³/mol. The molecule has 0 aliphatic heterocycles. The molecule has 0 saturated carbocycles. The Morgan fingerprint density at radius 1 is 0.886 bits per heavy atom. The third kappa shape index (κ3) is 7.78. The molecule has 44 heavy (non-hydrogen) atoms. The van der Waals surface area contributed by atoms with Gasteiger partial charge in [-0.05, 0) is 55.3 Å². The summed E-state index contributed by atoms with van der Waals surface area (Å²) in [5, 5.41) is 3.27. The average molecular weight is 634 g/mol. The zero-order valence-corrected chi connectivity index (χ0v) is 26.5. The normalized spacial score (nSPS) is 11.8. The number of anilines is 1. The maximum atomic E-state index is 14.5. The van der Waals surface area contributed by atoms with Gasteiger partial charge in [-0.25, -0.2) is 8.42 Å². The number of benzene rings is 4. The molecular formula is C34H36ClN3O5S. The molecule has 0 saturated heterocycles. The molecule has 0 heterocycles. The third-order valence-corrected chi connectivity index (χ3v) is 9.31. The highest BCUT2D eigenvalue weighted by Gasteiger charge is 2.35. The molecule has 0 spiro atoms. The molecule has 1 unspecified atom stereocenters. The Morgan fingerprint density at radius 2 is 1.52 bits per heavy atom. The van der Waals surface area contributed by atoms with Gasteiger partial charge in [0.2, 0.25) is 11.8 Å². The molecule has 2 amide bonds. The minimum Gasteiger partial charge on any atom is -0.495 e. The average Bonchev–Trinajstić information content (AvgIpc) is 3.03. The van der Waals surface area contributed by atoms with Crippen LogP contribution in [0, 0.1) is 6.92 Å². The first kappa shape index (κ1) is 32.6. The van der Waals surface area contributed by atoms with Gasteiger partial charge in [0.05, 0.1) is 17.7 Å². The van der Waals surface area contributed by atoms with E-state index in [2.05, 4.69) is 5.32 Å². The van der Waals surface area contributed by atoms with Crippen LogP contribution in [0.2, 0.25) is 5.02 Å². The molecule has 8 nitrogen and oxygen atoms in total. The van der Waals surface area contributed by atoms with Gasteiger partial charge in [-0.2, -0.15) is 0 Å². The highest BCUT2D eigenvalue weighted by Crippen LogP contribution is 2.33. The summed E-state index contributed by atoms with van der Waals surface area (Å²) in [5.74, 6) is -0.668. The van der Waals surface area contributed by atoms with Crippen LogP contribution in [0.1, 0.15) is 23.6 Å². The highest BCUT2D eigenvalue weighted by atomic mass is 35.5. The molecule has 0 aliphatic carbocycles. The predicted octanol–water partition coefficient (Wildman–Crippen LogP) is 5.63. The molecule has 0 fully saturated rings. The van der Waals surface area contributed by atoms with Crippen LogP contribution in [0.4, 0.5) is 5.69 Å². The number of rotatable bonds is 13. The molecule has 4 rings (SSSR count). The minimum atomic E-state index is -4.25. The van der Waals surface area contributed by atoms with Crippen molar-refractivity contribution in [2.24, 2.45) is 0 Å². The van der Waals surface area contributed by atoms with Gasteiger partial charge in [-0.3, -0.25) is 13.9 Å². The number of para-hydroxylation sites is 2. The van der Waals surface area contributed by atoms with E-state index in [1.165, 1.54) is 24.1 Å². The number of methoxy groups -OCH3 is 1. The van der Waals surface area contributed by atoms with Crippen molar-refractivity contribution in [1.82, 2.24) is 10.2 Å². The molecule has 0 aromatic heterocycles. The van der Waals surface area contributed by atoms with E-state index in [0.29, 0.717) is 17.1 Å². The van der Waals surface area contributed by atoms with Crippen molar-refractivity contribution in [3.8, 4) is 5.75 Å². The van der Waals surface area contributed by atoms with Crippen molar-refractivity contribution in [1.29, 1.82) is 0 Å². The number of ether oxygens (including phenoxy) is 1. The van der Waals surface area contributed by atoms with Gasteiger partial charge < -0.3 is 15.0 Å². The summed E-state index contributed by atoms with van der Waals surface area (Å²) >= 11 is 6.52. The van der Waals surface area contributed by atoms with Crippen LogP contribution in [0.25, 0.3) is 0 Å². The molecule has 0 bridgehead atoms. The summed E-state index contributed by atoms with van der Waals surface area (Å²) in [6.45, 7) is 3.41. The van der Waals surface area contributed by atoms with Crippen molar-refractivity contribution < 1.29 is 22.7 Å². The molecule has 4 aromatic carbocycles. The fourth-order valence-electron chi connectivity index (χ4n) is 4.84. The lowest BCUT2D eigenvalue weighted by Crippen LogP contribution is -2.53. The minimum absolute atomic E-state index is 0.0164. The zero-order valence-electron chi connectivity index (χ0n) is 24.9. The van der Waals surface area contributed by atoms with Gasteiger partial charge in [-0.15, -0.1) is 0 Å². The summed E-state index contributed by atoms with van der Waals surface area (Å²) in [6, 6.07) is 28.5. The van der Waals surface area contributed by atoms with E-state index >= 15 is 0 Å². The van der Waals surface area contributed by atoms with E-state index in [0.717, 1.165) is 15.4 Å². The second kappa shape index (κ2) is 14.9. The summed E-state index contributed by atoms with van der Waals surface area (Å²) in [7, 11) is -2.81. The van der Waals surface area contributed by atoms with Crippen molar-refractivity contribution in [3.05, 3.63) is 125 Å². The van der Waals surface area contributed by atoms with Crippen LogP contribution < -0.4 is 14.4 Å². The van der Waals surface area contributed by atoms with Crippen molar-refractivity contribution in [3.63, 3.8) is 0 Å². The van der Waals surface area contributed by atoms with Gasteiger partial charge in [-0.1, -0.05) is 90.0 Å². The Balaban J connectivity index is 1.83. The van der Waals surface area contributed by atoms with E-state index in [-0.39, 0.29) is 35.2 Å². The number of hydrogen-bond acceptors (Lipinski definition) is 5. The summed E-state index contributed by atoms with van der Waals surface area (Å²) in [6.07, 6.45) is 0.211. The van der Waals surface area contributed by atoms with E-state index in [9.17, 15) is 18.0 Å². The third-order valence-electron chi connectivity index (χ3n) is 7.16. The number of carbonyl (C=O) groups excluding carboxylic acids is 2. The monoisotopic (exact) mass is 633 g/mol. The Hall–Kier alpha value is -4.34. The highest BCUT2D eigenvalue weighted by molar-refractivity contribution is 7.92. The summed E-state index contributed by atoms with van der Waals surface area (Å²) in [5.41, 5.74) is 2.55. The number of amides is 2. The van der Waals surface area contributed by atoms with Crippen LogP contribution in [-0.2, 0) is 32.6 Å². The molecule has 0 aliphatic rings. The first-order chi connectivity index (χ1) is 21.1. The number of carbonyl (C=O) groups is 2. The lowest BCUT2D eigenvalue weighted by molar-refractivity contribution is -0.140. The second-order valence-corrected chi connectivity index (χ2v) is 12.5. The van der Waals surface area contributed by atoms with Crippen molar-refractivity contribution in [2.75, 3.05) is 24.5 Å². The summed E-state index contributed by atoms with van der Waals surface area (Å²) in [4.78, 5) is 29.5. The maximum Gasteiger partial charge on any atom is 0.264 e. The first-order valence-corrected chi connectivity index (χ1v) is 16.0. The SMILES string of the molecule is CCNC(=O)C(Cc1ccccc1)N(Cc1ccccc1Cl)C(=O)CN(c1ccccc1OC)S(=O)(=O)c1ccc(C)cc1.